The van der Waals surface area contributed by atoms with Crippen LogP contribution in [-0.2, 0) is 4.79 Å². The lowest BCUT2D eigenvalue weighted by Crippen LogP contribution is -2.20. The van der Waals surface area contributed by atoms with Crippen molar-refractivity contribution in [3.05, 3.63) is 23.8 Å². The molecule has 0 radical (unpaired) electrons. The van der Waals surface area contributed by atoms with Gasteiger partial charge in [0, 0.05) is 0 Å². The molecule has 0 spiro atoms. The number of rotatable bonds is 6. The number of nitrogens with two attached hydrogens (primary N) is 1. The normalized spacial score (nSPS) is 16.9. The number of aliphatic carboxylic acids is 1. The number of ether oxygens (including phenoxy) is 2. The van der Waals surface area contributed by atoms with Gasteiger partial charge in [-0.2, -0.15) is 0 Å². The van der Waals surface area contributed by atoms with E-state index in [2.05, 4.69) is 0 Å². The molecule has 0 bridgehead atoms. The Labute approximate surface area is 118 Å². The van der Waals surface area contributed by atoms with Crippen LogP contribution >= 0.6 is 0 Å². The molecule has 0 unspecified atom stereocenters. The summed E-state index contributed by atoms with van der Waals surface area (Å²) in [5.74, 6) is 0.172. The molecule has 0 amide bonds. The molecular weight excluding hydrogens is 258 g/mol. The van der Waals surface area contributed by atoms with E-state index in [1.54, 1.807) is 18.2 Å². The van der Waals surface area contributed by atoms with Crippen LogP contribution in [0.3, 0.4) is 0 Å². The summed E-state index contributed by atoms with van der Waals surface area (Å²) in [7, 11) is 0. The highest BCUT2D eigenvalue weighted by Gasteiger charge is 2.20. The topological polar surface area (TPSA) is 81.8 Å². The molecule has 0 heterocycles. The van der Waals surface area contributed by atoms with E-state index in [4.69, 9.17) is 20.3 Å². The Morgan fingerprint density at radius 1 is 1.40 bits per heavy atom. The summed E-state index contributed by atoms with van der Waals surface area (Å²) in [6.45, 7) is 2.37. The predicted molar refractivity (Wildman–Crippen MR) is 75.1 cm³/mol. The summed E-state index contributed by atoms with van der Waals surface area (Å²) in [5.41, 5.74) is 6.13. The molecule has 2 rings (SSSR count). The van der Waals surface area contributed by atoms with E-state index >= 15 is 0 Å². The first-order valence-electron chi connectivity index (χ1n) is 7.03. The maximum atomic E-state index is 10.9. The van der Waals surface area contributed by atoms with Crippen LogP contribution in [-0.4, -0.2) is 23.8 Å². The molecule has 1 aliphatic rings. The summed E-state index contributed by atoms with van der Waals surface area (Å²) in [6.07, 6.45) is 4.73. The molecule has 110 valence electrons. The zero-order valence-corrected chi connectivity index (χ0v) is 11.7. The molecule has 0 aromatic heterocycles. The van der Waals surface area contributed by atoms with Crippen molar-refractivity contribution in [2.75, 3.05) is 6.61 Å². The average Bonchev–Trinajstić information content (AvgIpc) is 2.93. The summed E-state index contributed by atoms with van der Waals surface area (Å²) in [5, 5.41) is 8.96. The summed E-state index contributed by atoms with van der Waals surface area (Å²) < 4.78 is 11.5. The Balaban J connectivity index is 2.20. The third-order valence-electron chi connectivity index (χ3n) is 3.49. The molecular formula is C15H21NO4. The highest BCUT2D eigenvalue weighted by molar-refractivity contribution is 5.75. The van der Waals surface area contributed by atoms with Crippen molar-refractivity contribution in [3.63, 3.8) is 0 Å². The van der Waals surface area contributed by atoms with Gasteiger partial charge >= 0.3 is 5.97 Å². The number of hydrogen-bond acceptors (Lipinski definition) is 4. The molecule has 1 saturated carbocycles. The van der Waals surface area contributed by atoms with E-state index < -0.39 is 12.0 Å². The molecule has 1 aromatic rings. The lowest BCUT2D eigenvalue weighted by atomic mass is 10.1. The fourth-order valence-corrected chi connectivity index (χ4v) is 2.41. The Bertz CT molecular complexity index is 469. The quantitative estimate of drug-likeness (QED) is 0.836. The smallest absolute Gasteiger partial charge is 0.325 e. The van der Waals surface area contributed by atoms with Crippen LogP contribution in [0.25, 0.3) is 0 Å². The van der Waals surface area contributed by atoms with Crippen molar-refractivity contribution in [2.45, 2.75) is 44.8 Å². The number of carboxylic acid groups (broad SMARTS) is 1. The van der Waals surface area contributed by atoms with Gasteiger partial charge < -0.3 is 20.3 Å². The first kappa shape index (κ1) is 14.7. The average molecular weight is 279 g/mol. The van der Waals surface area contributed by atoms with Gasteiger partial charge in [0.25, 0.3) is 0 Å². The number of carbonyl (C=O) groups is 1. The van der Waals surface area contributed by atoms with Crippen molar-refractivity contribution < 1.29 is 19.4 Å². The molecule has 1 aliphatic carbocycles. The van der Waals surface area contributed by atoms with Crippen LogP contribution in [0.2, 0.25) is 0 Å². The molecule has 0 aliphatic heterocycles. The van der Waals surface area contributed by atoms with E-state index in [9.17, 15) is 4.79 Å². The van der Waals surface area contributed by atoms with Crippen molar-refractivity contribution >= 4 is 5.97 Å². The SMILES string of the molecule is CCOc1cc([C@H](N)C(=O)O)ccc1OC1CCCC1. The highest BCUT2D eigenvalue weighted by atomic mass is 16.5. The Morgan fingerprint density at radius 2 is 2.10 bits per heavy atom. The highest BCUT2D eigenvalue weighted by Crippen LogP contribution is 2.33. The molecule has 1 fully saturated rings. The van der Waals surface area contributed by atoms with Gasteiger partial charge in [-0.05, 0) is 50.3 Å². The van der Waals surface area contributed by atoms with Crippen LogP contribution in [0.1, 0.15) is 44.2 Å². The second-order valence-corrected chi connectivity index (χ2v) is 4.98. The fraction of sp³-hybridized carbons (Fsp3) is 0.533. The molecule has 20 heavy (non-hydrogen) atoms. The van der Waals surface area contributed by atoms with Crippen LogP contribution in [0.15, 0.2) is 18.2 Å². The number of hydrogen-bond donors (Lipinski definition) is 2. The van der Waals surface area contributed by atoms with E-state index in [0.29, 0.717) is 23.7 Å². The van der Waals surface area contributed by atoms with Gasteiger partial charge in [0.1, 0.15) is 6.04 Å². The van der Waals surface area contributed by atoms with Gasteiger partial charge in [0.05, 0.1) is 12.7 Å². The Kier molecular flexibility index (Phi) is 4.84. The van der Waals surface area contributed by atoms with Gasteiger partial charge in [0.2, 0.25) is 0 Å². The van der Waals surface area contributed by atoms with Crippen LogP contribution in [0.5, 0.6) is 11.5 Å². The maximum Gasteiger partial charge on any atom is 0.325 e. The van der Waals surface area contributed by atoms with Crippen LogP contribution in [0.4, 0.5) is 0 Å². The van der Waals surface area contributed by atoms with Crippen LogP contribution < -0.4 is 15.2 Å². The van der Waals surface area contributed by atoms with E-state index in [1.165, 1.54) is 12.8 Å². The van der Waals surface area contributed by atoms with E-state index in [0.717, 1.165) is 12.8 Å². The van der Waals surface area contributed by atoms with Gasteiger partial charge in [-0.1, -0.05) is 6.07 Å². The molecule has 3 N–H and O–H groups in total. The Morgan fingerprint density at radius 3 is 2.70 bits per heavy atom. The first-order chi connectivity index (χ1) is 9.61. The standard InChI is InChI=1S/C15H21NO4/c1-2-19-13-9-10(14(16)15(17)18)7-8-12(13)20-11-5-3-4-6-11/h7-9,11,14H,2-6,16H2,1H3,(H,17,18)/t14-/m0/s1. The second-order valence-electron chi connectivity index (χ2n) is 4.98. The molecule has 5 nitrogen and oxygen atoms in total. The second kappa shape index (κ2) is 6.61. The summed E-state index contributed by atoms with van der Waals surface area (Å²) in [6, 6.07) is 4.05. The molecule has 0 saturated heterocycles. The minimum Gasteiger partial charge on any atom is -0.490 e. The van der Waals surface area contributed by atoms with Crippen molar-refractivity contribution in [1.29, 1.82) is 0 Å². The van der Waals surface area contributed by atoms with E-state index in [1.807, 2.05) is 6.92 Å². The fourth-order valence-electron chi connectivity index (χ4n) is 2.41. The molecule has 1 aromatic carbocycles. The van der Waals surface area contributed by atoms with Gasteiger partial charge in [0.15, 0.2) is 11.5 Å². The van der Waals surface area contributed by atoms with E-state index in [-0.39, 0.29) is 6.10 Å². The first-order valence-corrected chi connectivity index (χ1v) is 7.03. The van der Waals surface area contributed by atoms with Crippen LogP contribution in [0, 0.1) is 0 Å². The van der Waals surface area contributed by atoms with Crippen molar-refractivity contribution in [2.24, 2.45) is 5.73 Å². The third kappa shape index (κ3) is 3.42. The molecule has 1 atom stereocenters. The minimum absolute atomic E-state index is 0.230. The van der Waals surface area contributed by atoms with Gasteiger partial charge in [-0.25, -0.2) is 0 Å². The Hall–Kier alpha value is -1.75. The van der Waals surface area contributed by atoms with Gasteiger partial charge in [-0.15, -0.1) is 0 Å². The van der Waals surface area contributed by atoms with Gasteiger partial charge in [-0.3, -0.25) is 4.79 Å². The number of carboxylic acids is 1. The largest absolute Gasteiger partial charge is 0.490 e. The maximum absolute atomic E-state index is 10.9. The lowest BCUT2D eigenvalue weighted by molar-refractivity contribution is -0.138. The molecule has 5 heteroatoms. The minimum atomic E-state index is -1.06. The summed E-state index contributed by atoms with van der Waals surface area (Å²) in [4.78, 5) is 10.9. The van der Waals surface area contributed by atoms with Crippen molar-refractivity contribution in [1.82, 2.24) is 0 Å². The van der Waals surface area contributed by atoms with Crippen molar-refractivity contribution in [3.8, 4) is 11.5 Å². The number of benzene rings is 1. The predicted octanol–water partition coefficient (Wildman–Crippen LogP) is 2.49. The lowest BCUT2D eigenvalue weighted by Gasteiger charge is -2.18. The summed E-state index contributed by atoms with van der Waals surface area (Å²) >= 11 is 0. The zero-order valence-electron chi connectivity index (χ0n) is 11.7. The third-order valence-corrected chi connectivity index (χ3v) is 3.49. The monoisotopic (exact) mass is 279 g/mol. The zero-order chi connectivity index (χ0) is 14.5.